The SMILES string of the molecule is COC(C)(C)C(=O)c1ccc2c(c1)c(=O)c1ccccc1n2C. The van der Waals surface area contributed by atoms with Gasteiger partial charge in [0.05, 0.1) is 11.0 Å². The van der Waals surface area contributed by atoms with Crippen molar-refractivity contribution in [2.75, 3.05) is 7.11 Å². The Balaban J connectivity index is 2.33. The maximum atomic E-state index is 12.8. The van der Waals surface area contributed by atoms with Gasteiger partial charge in [0.2, 0.25) is 0 Å². The third-order valence-corrected chi connectivity index (χ3v) is 4.43. The van der Waals surface area contributed by atoms with E-state index >= 15 is 0 Å². The minimum atomic E-state index is -0.921. The Hall–Kier alpha value is -2.46. The molecule has 1 heterocycles. The summed E-state index contributed by atoms with van der Waals surface area (Å²) >= 11 is 0. The lowest BCUT2D eigenvalue weighted by atomic mass is 9.95. The van der Waals surface area contributed by atoms with Crippen molar-refractivity contribution in [1.82, 2.24) is 4.57 Å². The van der Waals surface area contributed by atoms with Gasteiger partial charge in [0, 0.05) is 30.5 Å². The molecule has 23 heavy (non-hydrogen) atoms. The van der Waals surface area contributed by atoms with Crippen LogP contribution in [-0.2, 0) is 11.8 Å². The van der Waals surface area contributed by atoms with Gasteiger partial charge in [-0.1, -0.05) is 12.1 Å². The maximum Gasteiger partial charge on any atom is 0.197 e. The van der Waals surface area contributed by atoms with E-state index in [0.29, 0.717) is 16.3 Å². The van der Waals surface area contributed by atoms with Crippen LogP contribution < -0.4 is 5.43 Å². The van der Waals surface area contributed by atoms with Crippen LogP contribution in [0.15, 0.2) is 47.3 Å². The van der Waals surface area contributed by atoms with Gasteiger partial charge >= 0.3 is 0 Å². The molecule has 0 N–H and O–H groups in total. The normalized spacial score (nSPS) is 12.0. The van der Waals surface area contributed by atoms with Crippen LogP contribution in [0, 0.1) is 0 Å². The molecule has 0 fully saturated rings. The fourth-order valence-electron chi connectivity index (χ4n) is 2.82. The molecule has 0 bridgehead atoms. The second-order valence-corrected chi connectivity index (χ2v) is 6.18. The van der Waals surface area contributed by atoms with Crippen LogP contribution in [0.25, 0.3) is 21.8 Å². The molecule has 0 aliphatic heterocycles. The lowest BCUT2D eigenvalue weighted by Gasteiger charge is -2.21. The number of hydrogen-bond donors (Lipinski definition) is 0. The quantitative estimate of drug-likeness (QED) is 0.551. The molecule has 118 valence electrons. The number of carbonyl (C=O) groups excluding carboxylic acids is 1. The number of pyridine rings is 1. The van der Waals surface area contributed by atoms with Gasteiger partial charge in [-0.2, -0.15) is 0 Å². The van der Waals surface area contributed by atoms with E-state index < -0.39 is 5.60 Å². The number of rotatable bonds is 3. The first kappa shape index (κ1) is 15.4. The lowest BCUT2D eigenvalue weighted by molar-refractivity contribution is 0.0228. The van der Waals surface area contributed by atoms with E-state index in [1.165, 1.54) is 7.11 Å². The Morgan fingerprint density at radius 3 is 2.39 bits per heavy atom. The number of ketones is 1. The maximum absolute atomic E-state index is 12.8. The van der Waals surface area contributed by atoms with Gasteiger partial charge < -0.3 is 9.30 Å². The summed E-state index contributed by atoms with van der Waals surface area (Å²) < 4.78 is 7.23. The van der Waals surface area contributed by atoms with E-state index in [9.17, 15) is 9.59 Å². The number of hydrogen-bond acceptors (Lipinski definition) is 3. The summed E-state index contributed by atoms with van der Waals surface area (Å²) in [7, 11) is 3.43. The van der Waals surface area contributed by atoms with E-state index in [1.54, 1.807) is 26.0 Å². The minimum absolute atomic E-state index is 0.0569. The number of ether oxygens (including phenoxy) is 1. The van der Waals surface area contributed by atoms with Crippen LogP contribution in [-0.4, -0.2) is 23.1 Å². The molecular weight excluding hydrogens is 290 g/mol. The number of Topliss-reactive ketones (excluding diaryl/α,β-unsaturated/α-hetero) is 1. The number of methoxy groups -OCH3 is 1. The van der Waals surface area contributed by atoms with Gasteiger partial charge in [-0.05, 0) is 44.2 Å². The summed E-state index contributed by atoms with van der Waals surface area (Å²) in [6.07, 6.45) is 0. The van der Waals surface area contributed by atoms with Crippen molar-refractivity contribution in [2.45, 2.75) is 19.4 Å². The average molecular weight is 309 g/mol. The summed E-state index contributed by atoms with van der Waals surface area (Å²) in [4.78, 5) is 25.3. The predicted molar refractivity (Wildman–Crippen MR) is 92.1 cm³/mol. The molecule has 0 atom stereocenters. The van der Waals surface area contributed by atoms with Gasteiger partial charge in [-0.15, -0.1) is 0 Å². The highest BCUT2D eigenvalue weighted by Gasteiger charge is 2.28. The first-order chi connectivity index (χ1) is 10.9. The fourth-order valence-corrected chi connectivity index (χ4v) is 2.82. The summed E-state index contributed by atoms with van der Waals surface area (Å²) in [6.45, 7) is 3.44. The van der Waals surface area contributed by atoms with E-state index in [2.05, 4.69) is 0 Å². The third-order valence-electron chi connectivity index (χ3n) is 4.43. The molecule has 4 nitrogen and oxygen atoms in total. The van der Waals surface area contributed by atoms with Crippen molar-refractivity contribution in [3.63, 3.8) is 0 Å². The predicted octanol–water partition coefficient (Wildman–Crippen LogP) is 3.30. The number of aromatic nitrogens is 1. The molecule has 1 aromatic heterocycles. The first-order valence-electron chi connectivity index (χ1n) is 7.48. The summed E-state index contributed by atoms with van der Waals surface area (Å²) in [5.74, 6) is -0.142. The highest BCUT2D eigenvalue weighted by molar-refractivity contribution is 6.05. The monoisotopic (exact) mass is 309 g/mol. The van der Waals surface area contributed by atoms with Crippen molar-refractivity contribution >= 4 is 27.6 Å². The van der Waals surface area contributed by atoms with E-state index in [4.69, 9.17) is 4.74 Å². The van der Waals surface area contributed by atoms with Crippen LogP contribution in [0.4, 0.5) is 0 Å². The molecule has 0 spiro atoms. The molecule has 0 saturated heterocycles. The number of para-hydroxylation sites is 1. The molecule has 0 aliphatic carbocycles. The lowest BCUT2D eigenvalue weighted by Crippen LogP contribution is -2.33. The molecule has 3 rings (SSSR count). The van der Waals surface area contributed by atoms with E-state index in [1.807, 2.05) is 41.9 Å². The fraction of sp³-hybridized carbons (Fsp3) is 0.263. The van der Waals surface area contributed by atoms with E-state index in [-0.39, 0.29) is 11.2 Å². The highest BCUT2D eigenvalue weighted by Crippen LogP contribution is 2.22. The van der Waals surface area contributed by atoms with Crippen molar-refractivity contribution in [3.8, 4) is 0 Å². The van der Waals surface area contributed by atoms with Gasteiger partial charge in [0.1, 0.15) is 5.60 Å². The van der Waals surface area contributed by atoms with Gasteiger partial charge in [0.25, 0.3) is 0 Å². The van der Waals surface area contributed by atoms with E-state index in [0.717, 1.165) is 11.0 Å². The zero-order valence-corrected chi connectivity index (χ0v) is 13.7. The second kappa shape index (κ2) is 5.32. The van der Waals surface area contributed by atoms with Gasteiger partial charge in [-0.25, -0.2) is 0 Å². The Bertz CT molecular complexity index is 983. The van der Waals surface area contributed by atoms with Gasteiger partial charge in [-0.3, -0.25) is 9.59 Å². The largest absolute Gasteiger partial charge is 0.371 e. The molecule has 0 saturated carbocycles. The van der Waals surface area contributed by atoms with Crippen molar-refractivity contribution in [2.24, 2.45) is 7.05 Å². The topological polar surface area (TPSA) is 48.3 Å². The standard InChI is InChI=1S/C19H19NO3/c1-19(2,23-4)18(22)12-9-10-16-14(11-12)17(21)13-7-5-6-8-15(13)20(16)3/h5-11H,1-4H3. The van der Waals surface area contributed by atoms with Crippen LogP contribution in [0.2, 0.25) is 0 Å². The molecule has 0 radical (unpaired) electrons. The molecule has 0 amide bonds. The number of benzene rings is 2. The third kappa shape index (κ3) is 2.35. The summed E-state index contributed by atoms with van der Waals surface area (Å²) in [6, 6.07) is 12.7. The zero-order valence-electron chi connectivity index (χ0n) is 13.7. The van der Waals surface area contributed by atoms with Crippen molar-refractivity contribution in [1.29, 1.82) is 0 Å². The molecule has 4 heteroatoms. The van der Waals surface area contributed by atoms with Crippen LogP contribution >= 0.6 is 0 Å². The van der Waals surface area contributed by atoms with Gasteiger partial charge in [0.15, 0.2) is 11.2 Å². The molecule has 0 aliphatic rings. The second-order valence-electron chi connectivity index (χ2n) is 6.18. The molecule has 3 aromatic rings. The Morgan fingerprint density at radius 1 is 1.04 bits per heavy atom. The Kier molecular flexibility index (Phi) is 3.57. The molecular formula is C19H19NO3. The van der Waals surface area contributed by atoms with Crippen LogP contribution in [0.5, 0.6) is 0 Å². The molecule has 0 unspecified atom stereocenters. The smallest absolute Gasteiger partial charge is 0.197 e. The zero-order chi connectivity index (χ0) is 16.8. The summed E-state index contributed by atoms with van der Waals surface area (Å²) in [5, 5.41) is 1.20. The first-order valence-corrected chi connectivity index (χ1v) is 7.48. The summed E-state index contributed by atoms with van der Waals surface area (Å²) in [5.41, 5.74) is 1.19. The van der Waals surface area contributed by atoms with Crippen LogP contribution in [0.3, 0.4) is 0 Å². The van der Waals surface area contributed by atoms with Crippen molar-refractivity contribution in [3.05, 3.63) is 58.3 Å². The number of nitrogens with zero attached hydrogens (tertiary/aromatic N) is 1. The number of aryl methyl sites for hydroxylation is 1. The van der Waals surface area contributed by atoms with Crippen molar-refractivity contribution < 1.29 is 9.53 Å². The minimum Gasteiger partial charge on any atom is -0.371 e. The Labute approximate surface area is 134 Å². The molecule has 2 aromatic carbocycles. The number of fused-ring (bicyclic) bond motifs is 2. The van der Waals surface area contributed by atoms with Crippen LogP contribution in [0.1, 0.15) is 24.2 Å². The highest BCUT2D eigenvalue weighted by atomic mass is 16.5. The average Bonchev–Trinajstić information content (AvgIpc) is 2.58. The number of carbonyl (C=O) groups is 1. The Morgan fingerprint density at radius 2 is 1.70 bits per heavy atom.